The number of carbonyl (C=O) groups is 3. The molecule has 0 heterocycles. The maximum Gasteiger partial charge on any atom is 0.323 e. The average Bonchev–Trinajstić information content (AvgIpc) is 3.22. The first-order chi connectivity index (χ1) is 12.4. The largest absolute Gasteiger partial charge is 0.468 e. The molecular weight excluding hydrogens is 336 g/mol. The zero-order chi connectivity index (χ0) is 18.9. The van der Waals surface area contributed by atoms with Gasteiger partial charge in [-0.2, -0.15) is 0 Å². The van der Waals surface area contributed by atoms with Gasteiger partial charge in [0.25, 0.3) is 0 Å². The Hall–Kier alpha value is -2.63. The standard InChI is InChI=1S/C20H22O6/c1-13(21)26-16(9-14-7-5-4-6-8-14)19-10-15(19)11-20(12-19,17(22)24-2)18(23)25-3/h4-9,15H,10-12H2,1-3H3/b16-9+/t15-,19-/m0/s1. The Balaban J connectivity index is 1.98. The van der Waals surface area contributed by atoms with Gasteiger partial charge in [-0.1, -0.05) is 30.3 Å². The van der Waals surface area contributed by atoms with E-state index >= 15 is 0 Å². The molecule has 3 rings (SSSR count). The number of hydrogen-bond donors (Lipinski definition) is 0. The van der Waals surface area contributed by atoms with E-state index in [0.717, 1.165) is 12.0 Å². The number of esters is 3. The van der Waals surface area contributed by atoms with Gasteiger partial charge in [0.1, 0.15) is 5.76 Å². The van der Waals surface area contributed by atoms with Crippen molar-refractivity contribution in [1.29, 1.82) is 0 Å². The second-order valence-electron chi connectivity index (χ2n) is 7.02. The molecule has 138 valence electrons. The van der Waals surface area contributed by atoms with Crippen molar-refractivity contribution in [2.24, 2.45) is 16.7 Å². The van der Waals surface area contributed by atoms with Crippen LogP contribution >= 0.6 is 0 Å². The van der Waals surface area contributed by atoms with Crippen molar-refractivity contribution >= 4 is 24.0 Å². The molecule has 0 bridgehead atoms. The highest BCUT2D eigenvalue weighted by Gasteiger charge is 2.73. The minimum atomic E-state index is -1.34. The van der Waals surface area contributed by atoms with Gasteiger partial charge in [-0.15, -0.1) is 0 Å². The summed E-state index contributed by atoms with van der Waals surface area (Å²) in [5, 5.41) is 0. The van der Waals surface area contributed by atoms with Crippen LogP contribution in [-0.2, 0) is 28.6 Å². The number of fused-ring (bicyclic) bond motifs is 1. The van der Waals surface area contributed by atoms with E-state index in [-0.39, 0.29) is 12.3 Å². The lowest BCUT2D eigenvalue weighted by Gasteiger charge is -2.27. The summed E-state index contributed by atoms with van der Waals surface area (Å²) in [7, 11) is 2.52. The summed E-state index contributed by atoms with van der Waals surface area (Å²) >= 11 is 0. The van der Waals surface area contributed by atoms with Gasteiger partial charge in [0.05, 0.1) is 14.2 Å². The summed E-state index contributed by atoms with van der Waals surface area (Å²) in [6.45, 7) is 1.34. The highest BCUT2D eigenvalue weighted by atomic mass is 16.5. The molecule has 0 spiro atoms. The number of ether oxygens (including phenoxy) is 3. The van der Waals surface area contributed by atoms with E-state index in [1.807, 2.05) is 36.4 Å². The Morgan fingerprint density at radius 1 is 1.04 bits per heavy atom. The summed E-state index contributed by atoms with van der Waals surface area (Å²) in [4.78, 5) is 36.5. The first kappa shape index (κ1) is 18.2. The smallest absolute Gasteiger partial charge is 0.323 e. The van der Waals surface area contributed by atoms with E-state index in [9.17, 15) is 14.4 Å². The molecule has 0 amide bonds. The van der Waals surface area contributed by atoms with Gasteiger partial charge in [0.2, 0.25) is 0 Å². The van der Waals surface area contributed by atoms with Gasteiger partial charge < -0.3 is 14.2 Å². The summed E-state index contributed by atoms with van der Waals surface area (Å²) < 4.78 is 15.3. The number of rotatable bonds is 5. The third-order valence-electron chi connectivity index (χ3n) is 5.44. The monoisotopic (exact) mass is 358 g/mol. The second kappa shape index (κ2) is 6.59. The molecule has 0 unspecified atom stereocenters. The van der Waals surface area contributed by atoms with Crippen molar-refractivity contribution in [3.8, 4) is 0 Å². The van der Waals surface area contributed by atoms with Crippen molar-refractivity contribution in [2.75, 3.05) is 14.2 Å². The lowest BCUT2D eigenvalue weighted by Crippen LogP contribution is -2.41. The number of methoxy groups -OCH3 is 2. The number of carbonyl (C=O) groups excluding carboxylic acids is 3. The molecule has 2 fully saturated rings. The molecule has 1 aromatic rings. The highest BCUT2D eigenvalue weighted by molar-refractivity contribution is 6.01. The van der Waals surface area contributed by atoms with Gasteiger partial charge in [0, 0.05) is 12.3 Å². The average molecular weight is 358 g/mol. The SMILES string of the molecule is COC(=O)C1(C(=O)OC)C[C@@H]2C[C@]2(/C(=C\c2ccccc2)OC(C)=O)C1. The molecule has 6 nitrogen and oxygen atoms in total. The number of hydrogen-bond acceptors (Lipinski definition) is 6. The van der Waals surface area contributed by atoms with E-state index in [2.05, 4.69) is 0 Å². The Labute approximate surface area is 152 Å². The maximum absolute atomic E-state index is 12.4. The molecule has 0 saturated heterocycles. The summed E-state index contributed by atoms with van der Waals surface area (Å²) in [5.41, 5.74) is -0.982. The first-order valence-corrected chi connectivity index (χ1v) is 8.50. The maximum atomic E-state index is 12.4. The topological polar surface area (TPSA) is 78.9 Å². The minimum absolute atomic E-state index is 0.0648. The van der Waals surface area contributed by atoms with Crippen molar-refractivity contribution in [3.05, 3.63) is 41.7 Å². The molecule has 0 aromatic heterocycles. The fraction of sp³-hybridized carbons (Fsp3) is 0.450. The Kier molecular flexibility index (Phi) is 4.61. The molecule has 0 aliphatic heterocycles. The molecule has 0 N–H and O–H groups in total. The number of allylic oxidation sites excluding steroid dienone is 1. The molecule has 2 aliphatic carbocycles. The fourth-order valence-electron chi connectivity index (χ4n) is 4.20. The van der Waals surface area contributed by atoms with Crippen LogP contribution in [0.25, 0.3) is 6.08 Å². The summed E-state index contributed by atoms with van der Waals surface area (Å²) in [6.07, 6.45) is 3.12. The van der Waals surface area contributed by atoms with Crippen LogP contribution in [0.3, 0.4) is 0 Å². The predicted molar refractivity (Wildman–Crippen MR) is 92.4 cm³/mol. The summed E-state index contributed by atoms with van der Waals surface area (Å²) in [5.74, 6) is -1.07. The van der Waals surface area contributed by atoms with E-state index in [1.165, 1.54) is 21.1 Å². The van der Waals surface area contributed by atoms with Crippen LogP contribution in [0, 0.1) is 16.7 Å². The van der Waals surface area contributed by atoms with Crippen LogP contribution in [0.4, 0.5) is 0 Å². The molecule has 2 atom stereocenters. The van der Waals surface area contributed by atoms with Crippen LogP contribution in [-0.4, -0.2) is 32.1 Å². The first-order valence-electron chi connectivity index (χ1n) is 8.50. The molecule has 2 aliphatic rings. The van der Waals surface area contributed by atoms with Crippen LogP contribution in [0.15, 0.2) is 36.1 Å². The molecule has 1 aromatic carbocycles. The van der Waals surface area contributed by atoms with Crippen LogP contribution < -0.4 is 0 Å². The van der Waals surface area contributed by atoms with Crippen LogP contribution in [0.5, 0.6) is 0 Å². The third kappa shape index (κ3) is 2.89. The quantitative estimate of drug-likeness (QED) is 0.348. The van der Waals surface area contributed by atoms with E-state index in [4.69, 9.17) is 14.2 Å². The predicted octanol–water partition coefficient (Wildman–Crippen LogP) is 2.72. The summed E-state index contributed by atoms with van der Waals surface area (Å²) in [6, 6.07) is 9.49. The van der Waals surface area contributed by atoms with Crippen molar-refractivity contribution in [3.63, 3.8) is 0 Å². The molecular formula is C20H22O6. The van der Waals surface area contributed by atoms with Gasteiger partial charge >= 0.3 is 17.9 Å². The highest BCUT2D eigenvalue weighted by Crippen LogP contribution is 2.73. The zero-order valence-electron chi connectivity index (χ0n) is 15.1. The Bertz CT molecular complexity index is 750. The molecule has 2 saturated carbocycles. The Morgan fingerprint density at radius 2 is 1.65 bits per heavy atom. The van der Waals surface area contributed by atoms with Crippen molar-refractivity contribution in [2.45, 2.75) is 26.2 Å². The van der Waals surface area contributed by atoms with Gasteiger partial charge in [-0.3, -0.25) is 14.4 Å². The van der Waals surface area contributed by atoms with E-state index < -0.39 is 28.7 Å². The lowest BCUT2D eigenvalue weighted by atomic mass is 9.80. The van der Waals surface area contributed by atoms with Gasteiger partial charge in [-0.25, -0.2) is 0 Å². The normalized spacial score (nSPS) is 25.8. The van der Waals surface area contributed by atoms with E-state index in [0.29, 0.717) is 12.2 Å². The fourth-order valence-corrected chi connectivity index (χ4v) is 4.20. The second-order valence-corrected chi connectivity index (χ2v) is 7.02. The Morgan fingerprint density at radius 3 is 2.19 bits per heavy atom. The van der Waals surface area contributed by atoms with Crippen molar-refractivity contribution in [1.82, 2.24) is 0 Å². The molecule has 26 heavy (non-hydrogen) atoms. The van der Waals surface area contributed by atoms with Crippen LogP contribution in [0.2, 0.25) is 0 Å². The third-order valence-corrected chi connectivity index (χ3v) is 5.44. The lowest BCUT2D eigenvalue weighted by molar-refractivity contribution is -0.169. The zero-order valence-corrected chi connectivity index (χ0v) is 15.1. The molecule has 0 radical (unpaired) electrons. The van der Waals surface area contributed by atoms with Gasteiger partial charge in [-0.05, 0) is 36.8 Å². The van der Waals surface area contributed by atoms with E-state index in [1.54, 1.807) is 0 Å². The minimum Gasteiger partial charge on any atom is -0.468 e. The molecule has 6 heteroatoms. The van der Waals surface area contributed by atoms with Gasteiger partial charge in [0.15, 0.2) is 5.41 Å². The van der Waals surface area contributed by atoms with Crippen molar-refractivity contribution < 1.29 is 28.6 Å². The number of benzene rings is 1. The van der Waals surface area contributed by atoms with Crippen LogP contribution in [0.1, 0.15) is 31.7 Å².